The maximum atomic E-state index is 11.9. The minimum absolute atomic E-state index is 0.268. The van der Waals surface area contributed by atoms with Gasteiger partial charge >= 0.3 is 0 Å². The summed E-state index contributed by atoms with van der Waals surface area (Å²) < 4.78 is 0. The Morgan fingerprint density at radius 2 is 2.27 bits per heavy atom. The molecule has 0 amide bonds. The van der Waals surface area contributed by atoms with E-state index in [2.05, 4.69) is 19.1 Å². The lowest BCUT2D eigenvalue weighted by Gasteiger charge is -2.08. The fourth-order valence-corrected chi connectivity index (χ4v) is 3.16. The predicted molar refractivity (Wildman–Crippen MR) is 65.4 cm³/mol. The molecule has 1 aliphatic heterocycles. The molecule has 1 saturated heterocycles. The van der Waals surface area contributed by atoms with Crippen LogP contribution in [0.2, 0.25) is 0 Å². The van der Waals surface area contributed by atoms with Gasteiger partial charge in [-0.05, 0) is 36.6 Å². The zero-order chi connectivity index (χ0) is 10.7. The minimum Gasteiger partial charge on any atom is -0.298 e. The molecule has 15 heavy (non-hydrogen) atoms. The molecule has 0 bridgehead atoms. The van der Waals surface area contributed by atoms with Gasteiger partial charge < -0.3 is 0 Å². The summed E-state index contributed by atoms with van der Waals surface area (Å²) in [6.45, 7) is 2.07. The second-order valence-corrected chi connectivity index (χ2v) is 5.38. The van der Waals surface area contributed by atoms with Crippen molar-refractivity contribution < 1.29 is 4.79 Å². The van der Waals surface area contributed by atoms with Gasteiger partial charge in [0, 0.05) is 6.42 Å². The van der Waals surface area contributed by atoms with Crippen molar-refractivity contribution in [2.45, 2.75) is 31.4 Å². The van der Waals surface area contributed by atoms with Crippen LogP contribution in [-0.4, -0.2) is 16.8 Å². The number of benzene rings is 1. The molecule has 1 nitrogen and oxygen atoms in total. The van der Waals surface area contributed by atoms with Crippen LogP contribution >= 0.6 is 11.8 Å². The first kappa shape index (κ1) is 10.7. The van der Waals surface area contributed by atoms with Crippen molar-refractivity contribution in [3.63, 3.8) is 0 Å². The maximum Gasteiger partial charge on any atom is 0.150 e. The highest BCUT2D eigenvalue weighted by Crippen LogP contribution is 2.27. The quantitative estimate of drug-likeness (QED) is 0.779. The normalized spacial score (nSPS) is 20.5. The van der Waals surface area contributed by atoms with Crippen LogP contribution in [0.1, 0.15) is 24.0 Å². The van der Waals surface area contributed by atoms with Gasteiger partial charge in [-0.15, -0.1) is 0 Å². The molecule has 0 aliphatic carbocycles. The molecular weight excluding hydrogens is 204 g/mol. The monoisotopic (exact) mass is 220 g/mol. The van der Waals surface area contributed by atoms with Crippen LogP contribution in [0.15, 0.2) is 24.3 Å². The largest absolute Gasteiger partial charge is 0.298 e. The van der Waals surface area contributed by atoms with E-state index in [1.54, 1.807) is 0 Å². The van der Waals surface area contributed by atoms with Gasteiger partial charge in [-0.3, -0.25) is 4.79 Å². The van der Waals surface area contributed by atoms with E-state index in [1.165, 1.54) is 17.5 Å². The third-order valence-electron chi connectivity index (χ3n) is 2.91. The first-order valence-electron chi connectivity index (χ1n) is 5.46. The second kappa shape index (κ2) is 4.84. The number of hydrogen-bond donors (Lipinski definition) is 0. The molecule has 1 heterocycles. The van der Waals surface area contributed by atoms with E-state index in [0.29, 0.717) is 12.2 Å². The highest BCUT2D eigenvalue weighted by atomic mass is 32.2. The molecule has 1 atom stereocenters. The molecule has 1 fully saturated rings. The van der Waals surface area contributed by atoms with Gasteiger partial charge in [0.25, 0.3) is 0 Å². The Hall–Kier alpha value is -0.760. The zero-order valence-corrected chi connectivity index (χ0v) is 9.85. The molecule has 0 radical (unpaired) electrons. The summed E-state index contributed by atoms with van der Waals surface area (Å²) >= 11 is 1.83. The summed E-state index contributed by atoms with van der Waals surface area (Å²) in [7, 11) is 0. The molecule has 2 heteroatoms. The van der Waals surface area contributed by atoms with E-state index in [0.717, 1.165) is 12.2 Å². The highest BCUT2D eigenvalue weighted by Gasteiger charge is 2.23. The number of Topliss-reactive ketones (excluding diaryl/α,β-unsaturated/α-hetero) is 1. The van der Waals surface area contributed by atoms with Crippen LogP contribution in [0.4, 0.5) is 0 Å². The molecule has 0 N–H and O–H groups in total. The van der Waals surface area contributed by atoms with Crippen LogP contribution in [0, 0.1) is 6.92 Å². The van der Waals surface area contributed by atoms with Crippen molar-refractivity contribution in [1.29, 1.82) is 0 Å². The Kier molecular flexibility index (Phi) is 3.47. The summed E-state index contributed by atoms with van der Waals surface area (Å²) in [5.74, 6) is 1.57. The van der Waals surface area contributed by atoms with Crippen LogP contribution < -0.4 is 0 Å². The number of hydrogen-bond acceptors (Lipinski definition) is 2. The van der Waals surface area contributed by atoms with Gasteiger partial charge in [-0.1, -0.05) is 24.3 Å². The third-order valence-corrected chi connectivity index (χ3v) is 4.34. The average Bonchev–Trinajstić information content (AvgIpc) is 2.74. The molecule has 1 aromatic carbocycles. The Balaban J connectivity index is 2.02. The van der Waals surface area contributed by atoms with E-state index in [4.69, 9.17) is 0 Å². The predicted octanol–water partition coefficient (Wildman–Crippen LogP) is 3.00. The molecule has 2 rings (SSSR count). The first-order valence-corrected chi connectivity index (χ1v) is 6.51. The van der Waals surface area contributed by atoms with Crippen molar-refractivity contribution in [3.8, 4) is 0 Å². The number of carbonyl (C=O) groups excluding carboxylic acids is 1. The van der Waals surface area contributed by atoms with Gasteiger partial charge in [0.2, 0.25) is 0 Å². The molecule has 0 aromatic heterocycles. The van der Waals surface area contributed by atoms with Gasteiger partial charge in [0.1, 0.15) is 5.78 Å². The fraction of sp³-hybridized carbons (Fsp3) is 0.462. The third kappa shape index (κ3) is 2.63. The molecule has 0 spiro atoms. The van der Waals surface area contributed by atoms with Crippen LogP contribution in [0.25, 0.3) is 0 Å². The smallest absolute Gasteiger partial charge is 0.150 e. The SMILES string of the molecule is Cc1ccccc1CC(=O)C1CCCS1. The van der Waals surface area contributed by atoms with Gasteiger partial charge in [0.15, 0.2) is 0 Å². The summed E-state index contributed by atoms with van der Waals surface area (Å²) in [5, 5.41) is 0.268. The molecule has 80 valence electrons. The summed E-state index contributed by atoms with van der Waals surface area (Å²) in [5.41, 5.74) is 2.42. The van der Waals surface area contributed by atoms with Crippen LogP contribution in [0.3, 0.4) is 0 Å². The van der Waals surface area contributed by atoms with Gasteiger partial charge in [0.05, 0.1) is 5.25 Å². The lowest BCUT2D eigenvalue weighted by Crippen LogP contribution is -2.16. The molecule has 1 aromatic rings. The first-order chi connectivity index (χ1) is 7.27. The Morgan fingerprint density at radius 1 is 1.47 bits per heavy atom. The Bertz CT molecular complexity index is 353. The van der Waals surface area contributed by atoms with Crippen molar-refractivity contribution in [1.82, 2.24) is 0 Å². The minimum atomic E-state index is 0.268. The van der Waals surface area contributed by atoms with Crippen molar-refractivity contribution >= 4 is 17.5 Å². The lowest BCUT2D eigenvalue weighted by atomic mass is 10.0. The maximum absolute atomic E-state index is 11.9. The van der Waals surface area contributed by atoms with E-state index in [1.807, 2.05) is 23.9 Å². The number of carbonyl (C=O) groups is 1. The average molecular weight is 220 g/mol. The zero-order valence-electron chi connectivity index (χ0n) is 9.03. The number of aryl methyl sites for hydroxylation is 1. The highest BCUT2D eigenvalue weighted by molar-refractivity contribution is 8.00. The molecule has 1 unspecified atom stereocenters. The van der Waals surface area contributed by atoms with E-state index in [9.17, 15) is 4.79 Å². The fourth-order valence-electron chi connectivity index (χ4n) is 1.94. The van der Waals surface area contributed by atoms with Gasteiger partial charge in [-0.25, -0.2) is 0 Å². The second-order valence-electron chi connectivity index (χ2n) is 4.07. The van der Waals surface area contributed by atoms with Crippen LogP contribution in [0.5, 0.6) is 0 Å². The standard InChI is InChI=1S/C13H16OS/c1-10-5-2-3-6-11(10)9-12(14)13-7-4-8-15-13/h2-3,5-6,13H,4,7-9H2,1H3. The number of ketones is 1. The summed E-state index contributed by atoms with van der Waals surface area (Å²) in [4.78, 5) is 11.9. The van der Waals surface area contributed by atoms with Crippen molar-refractivity contribution in [2.24, 2.45) is 0 Å². The topological polar surface area (TPSA) is 17.1 Å². The Labute approximate surface area is 95.3 Å². The van der Waals surface area contributed by atoms with Crippen LogP contribution in [-0.2, 0) is 11.2 Å². The van der Waals surface area contributed by atoms with E-state index in [-0.39, 0.29) is 5.25 Å². The number of thioether (sulfide) groups is 1. The molecule has 0 saturated carbocycles. The van der Waals surface area contributed by atoms with E-state index >= 15 is 0 Å². The lowest BCUT2D eigenvalue weighted by molar-refractivity contribution is -0.117. The van der Waals surface area contributed by atoms with Gasteiger partial charge in [-0.2, -0.15) is 11.8 Å². The van der Waals surface area contributed by atoms with Crippen molar-refractivity contribution in [3.05, 3.63) is 35.4 Å². The Morgan fingerprint density at radius 3 is 2.93 bits per heavy atom. The number of rotatable bonds is 3. The summed E-state index contributed by atoms with van der Waals surface area (Å²) in [6.07, 6.45) is 2.90. The molecular formula is C13H16OS. The molecule has 1 aliphatic rings. The van der Waals surface area contributed by atoms with Crippen molar-refractivity contribution in [2.75, 3.05) is 5.75 Å². The summed E-state index contributed by atoms with van der Waals surface area (Å²) in [6, 6.07) is 8.17. The van der Waals surface area contributed by atoms with E-state index < -0.39 is 0 Å².